The number of likely N-dealkylation sites (N-methyl/N-ethyl adjacent to an activating group) is 1. The lowest BCUT2D eigenvalue weighted by Gasteiger charge is -2.51. The maximum absolute atomic E-state index is 13.7. The van der Waals surface area contributed by atoms with E-state index >= 15 is 0 Å². The Kier molecular flexibility index (Phi) is 7.44. The fraction of sp³-hybridized carbons (Fsp3) is 0.846. The molecule has 3 saturated carbocycles. The number of hydrogen-bond donors (Lipinski definition) is 2. The van der Waals surface area contributed by atoms with E-state index in [0.29, 0.717) is 30.1 Å². The summed E-state index contributed by atoms with van der Waals surface area (Å²) in [5.74, 6) is 0.748. The Hall–Kier alpha value is -2.18. The molecule has 1 aliphatic heterocycles. The summed E-state index contributed by atoms with van der Waals surface area (Å²) >= 11 is 0. The van der Waals surface area contributed by atoms with Crippen molar-refractivity contribution in [1.82, 2.24) is 9.80 Å². The average molecular weight is 488 g/mol. The largest absolute Gasteiger partial charge is 0.465 e. The molecule has 0 spiro atoms. The summed E-state index contributed by atoms with van der Waals surface area (Å²) in [5.41, 5.74) is 11.8. The molecule has 1 saturated heterocycles. The van der Waals surface area contributed by atoms with E-state index in [4.69, 9.17) is 16.2 Å². The van der Waals surface area contributed by atoms with Crippen LogP contribution in [0.15, 0.2) is 0 Å². The summed E-state index contributed by atoms with van der Waals surface area (Å²) in [6, 6.07) is 0.889. The van der Waals surface area contributed by atoms with Gasteiger partial charge in [-0.3, -0.25) is 19.3 Å². The SMILES string of the molecule is CC1C2CC(C#N)N(C(=O)C(N)C34CCCC(CC(CCOC(=O)C(CC(N)=O)N(C)C)C3)C4)C12. The normalized spacial score (nSPS) is 37.2. The van der Waals surface area contributed by atoms with Crippen LogP contribution >= 0.6 is 0 Å². The van der Waals surface area contributed by atoms with E-state index in [2.05, 4.69) is 13.0 Å². The zero-order valence-electron chi connectivity index (χ0n) is 21.3. The molecule has 4 rings (SSSR count). The molecule has 9 heteroatoms. The summed E-state index contributed by atoms with van der Waals surface area (Å²) < 4.78 is 5.54. The first-order valence-electron chi connectivity index (χ1n) is 13.2. The Labute approximate surface area is 208 Å². The lowest BCUT2D eigenvalue weighted by atomic mass is 9.55. The van der Waals surface area contributed by atoms with Crippen LogP contribution in [0.5, 0.6) is 0 Å². The van der Waals surface area contributed by atoms with Crippen molar-refractivity contribution in [3.63, 3.8) is 0 Å². The molecule has 9 nitrogen and oxygen atoms in total. The number of carbonyl (C=O) groups is 3. The van der Waals surface area contributed by atoms with E-state index in [1.54, 1.807) is 19.0 Å². The third-order valence-corrected chi connectivity index (χ3v) is 9.40. The predicted molar refractivity (Wildman–Crippen MR) is 129 cm³/mol. The van der Waals surface area contributed by atoms with Crippen molar-refractivity contribution in [2.24, 2.45) is 40.6 Å². The minimum absolute atomic E-state index is 0.0404. The summed E-state index contributed by atoms with van der Waals surface area (Å²) in [6.45, 7) is 2.44. The van der Waals surface area contributed by atoms with Gasteiger partial charge in [-0.05, 0) is 81.7 Å². The molecule has 0 aromatic carbocycles. The van der Waals surface area contributed by atoms with E-state index in [-0.39, 0.29) is 36.4 Å². The molecule has 3 aliphatic carbocycles. The number of amides is 2. The number of ether oxygens (including phenoxy) is 1. The van der Waals surface area contributed by atoms with E-state index in [1.807, 2.05) is 4.90 Å². The van der Waals surface area contributed by atoms with E-state index < -0.39 is 24.0 Å². The second kappa shape index (κ2) is 10.1. The van der Waals surface area contributed by atoms with Crippen molar-refractivity contribution >= 4 is 17.8 Å². The maximum atomic E-state index is 13.7. The highest BCUT2D eigenvalue weighted by atomic mass is 16.5. The number of nitrogens with zero attached hydrogens (tertiary/aromatic N) is 3. The Morgan fingerprint density at radius 2 is 2.00 bits per heavy atom. The van der Waals surface area contributed by atoms with Gasteiger partial charge >= 0.3 is 5.97 Å². The first-order chi connectivity index (χ1) is 16.6. The monoisotopic (exact) mass is 487 g/mol. The number of piperidine rings is 1. The Morgan fingerprint density at radius 1 is 1.26 bits per heavy atom. The molecular formula is C26H41N5O4. The quantitative estimate of drug-likeness (QED) is 0.468. The number of likely N-dealkylation sites (tertiary alicyclic amines) is 1. The topological polar surface area (TPSA) is 143 Å². The van der Waals surface area contributed by atoms with Crippen LogP contribution in [0.25, 0.3) is 0 Å². The smallest absolute Gasteiger partial charge is 0.323 e. The van der Waals surface area contributed by atoms with Crippen molar-refractivity contribution in [3.05, 3.63) is 0 Å². The average Bonchev–Trinajstić information content (AvgIpc) is 3.25. The molecule has 2 bridgehead atoms. The minimum atomic E-state index is -0.683. The summed E-state index contributed by atoms with van der Waals surface area (Å²) in [7, 11) is 3.45. The maximum Gasteiger partial charge on any atom is 0.323 e. The second-order valence-electron chi connectivity index (χ2n) is 11.9. The molecule has 4 N–H and O–H groups in total. The first-order valence-corrected chi connectivity index (χ1v) is 13.2. The Balaban J connectivity index is 1.38. The number of esters is 1. The minimum Gasteiger partial charge on any atom is -0.465 e. The van der Waals surface area contributed by atoms with Crippen LogP contribution in [0.1, 0.15) is 64.7 Å². The lowest BCUT2D eigenvalue weighted by molar-refractivity contribution is -0.151. The molecule has 9 unspecified atom stereocenters. The highest BCUT2D eigenvalue weighted by Crippen LogP contribution is 2.56. The van der Waals surface area contributed by atoms with E-state index in [9.17, 15) is 19.6 Å². The molecule has 4 fully saturated rings. The van der Waals surface area contributed by atoms with Crippen molar-refractivity contribution in [2.45, 2.75) is 88.9 Å². The summed E-state index contributed by atoms with van der Waals surface area (Å²) in [6.07, 6.45) is 7.45. The van der Waals surface area contributed by atoms with Gasteiger partial charge in [0.25, 0.3) is 0 Å². The van der Waals surface area contributed by atoms with Crippen LogP contribution in [0.2, 0.25) is 0 Å². The van der Waals surface area contributed by atoms with Gasteiger partial charge in [-0.15, -0.1) is 0 Å². The lowest BCUT2D eigenvalue weighted by Crippen LogP contribution is -2.58. The number of carbonyl (C=O) groups excluding carboxylic acids is 3. The van der Waals surface area contributed by atoms with Crippen LogP contribution < -0.4 is 11.5 Å². The Morgan fingerprint density at radius 3 is 2.66 bits per heavy atom. The number of fused-ring (bicyclic) bond motifs is 3. The zero-order valence-corrected chi connectivity index (χ0v) is 21.3. The molecule has 9 atom stereocenters. The first kappa shape index (κ1) is 25.9. The van der Waals surface area contributed by atoms with Crippen molar-refractivity contribution in [1.29, 1.82) is 5.26 Å². The predicted octanol–water partition coefficient (Wildman–Crippen LogP) is 1.40. The zero-order chi connectivity index (χ0) is 25.5. The molecular weight excluding hydrogens is 446 g/mol. The van der Waals surface area contributed by atoms with Gasteiger partial charge in [-0.25, -0.2) is 0 Å². The Bertz CT molecular complexity index is 887. The van der Waals surface area contributed by atoms with Gasteiger partial charge in [0.05, 0.1) is 25.1 Å². The highest BCUT2D eigenvalue weighted by Gasteiger charge is 2.62. The highest BCUT2D eigenvalue weighted by molar-refractivity contribution is 5.85. The van der Waals surface area contributed by atoms with Crippen molar-refractivity contribution < 1.29 is 19.1 Å². The van der Waals surface area contributed by atoms with Gasteiger partial charge in [0, 0.05) is 6.04 Å². The number of nitriles is 1. The van der Waals surface area contributed by atoms with Crippen LogP contribution in [0.4, 0.5) is 0 Å². The van der Waals surface area contributed by atoms with Crippen LogP contribution in [0, 0.1) is 40.4 Å². The number of hydrogen-bond acceptors (Lipinski definition) is 7. The molecule has 35 heavy (non-hydrogen) atoms. The molecule has 0 radical (unpaired) electrons. The molecule has 194 valence electrons. The molecule has 2 amide bonds. The van der Waals surface area contributed by atoms with E-state index in [0.717, 1.165) is 44.9 Å². The van der Waals surface area contributed by atoms with Crippen molar-refractivity contribution in [3.8, 4) is 6.07 Å². The third kappa shape index (κ3) is 5.05. The fourth-order valence-corrected chi connectivity index (χ4v) is 7.51. The number of nitrogens with two attached hydrogens (primary N) is 2. The fourth-order valence-electron chi connectivity index (χ4n) is 7.51. The third-order valence-electron chi connectivity index (χ3n) is 9.40. The second-order valence-corrected chi connectivity index (χ2v) is 11.9. The van der Waals surface area contributed by atoms with Gasteiger partial charge in [0.15, 0.2) is 0 Å². The number of primary amides is 1. The van der Waals surface area contributed by atoms with Gasteiger partial charge in [0.1, 0.15) is 12.1 Å². The van der Waals surface area contributed by atoms with Gasteiger partial charge < -0.3 is 21.1 Å². The summed E-state index contributed by atoms with van der Waals surface area (Å²) in [5, 5.41) is 9.63. The standard InChI is InChI=1S/C26H41N5O4/c1-15-19-10-18(14-27)31(22(15)19)24(33)23(29)26-7-4-5-16(12-26)9-17(13-26)6-8-35-25(34)20(30(2)3)11-21(28)32/h15-20,22-23H,4-13,29H2,1-3H3,(H2,28,32). The number of rotatable bonds is 9. The van der Waals surface area contributed by atoms with Crippen LogP contribution in [0.3, 0.4) is 0 Å². The van der Waals surface area contributed by atoms with Gasteiger partial charge in [-0.1, -0.05) is 19.8 Å². The van der Waals surface area contributed by atoms with Crippen LogP contribution in [-0.4, -0.2) is 72.5 Å². The molecule has 0 aromatic rings. The van der Waals surface area contributed by atoms with Crippen molar-refractivity contribution in [2.75, 3.05) is 20.7 Å². The molecule has 0 aromatic heterocycles. The summed E-state index contributed by atoms with van der Waals surface area (Å²) in [4.78, 5) is 41.0. The molecule has 1 heterocycles. The van der Waals surface area contributed by atoms with Gasteiger partial charge in [-0.2, -0.15) is 5.26 Å². The van der Waals surface area contributed by atoms with Gasteiger partial charge in [0.2, 0.25) is 11.8 Å². The van der Waals surface area contributed by atoms with Crippen LogP contribution in [-0.2, 0) is 19.1 Å². The van der Waals surface area contributed by atoms with E-state index in [1.165, 1.54) is 0 Å². The molecule has 4 aliphatic rings.